The van der Waals surface area contributed by atoms with Gasteiger partial charge in [0.1, 0.15) is 0 Å². The van der Waals surface area contributed by atoms with Crippen LogP contribution >= 0.6 is 0 Å². The lowest BCUT2D eigenvalue weighted by molar-refractivity contribution is 1.61. The fourth-order valence-electron chi connectivity index (χ4n) is 7.66. The van der Waals surface area contributed by atoms with Gasteiger partial charge in [0.25, 0.3) is 0 Å². The van der Waals surface area contributed by atoms with E-state index in [0.29, 0.717) is 0 Å². The molecule has 0 unspecified atom stereocenters. The van der Waals surface area contributed by atoms with Gasteiger partial charge in [0.15, 0.2) is 0 Å². The minimum absolute atomic E-state index is 1.25. The molecule has 0 heteroatoms. The Hall–Kier alpha value is -6.50. The summed E-state index contributed by atoms with van der Waals surface area (Å²) >= 11 is 0. The zero-order chi connectivity index (χ0) is 33.3. The molecule has 0 spiro atoms. The van der Waals surface area contributed by atoms with E-state index in [1.165, 1.54) is 87.2 Å². The molecule has 0 aliphatic carbocycles. The van der Waals surface area contributed by atoms with Crippen molar-refractivity contribution in [2.75, 3.05) is 0 Å². The van der Waals surface area contributed by atoms with Crippen molar-refractivity contribution in [3.63, 3.8) is 0 Å². The molecule has 10 rings (SSSR count). The molecule has 234 valence electrons. The first kappa shape index (κ1) is 29.6. The van der Waals surface area contributed by atoms with Gasteiger partial charge < -0.3 is 0 Å². The Morgan fingerprint density at radius 2 is 0.540 bits per heavy atom. The van der Waals surface area contributed by atoms with Gasteiger partial charge in [-0.05, 0) is 87.2 Å². The second-order valence-corrected chi connectivity index (χ2v) is 12.8. The Labute approximate surface area is 292 Å². The van der Waals surface area contributed by atoms with Crippen LogP contribution in [0.1, 0.15) is 0 Å². The standard InChI is InChI=1S/C44H28.C6H6/c1-4-14-32-29(11-1)23-26-40-35(32)19-9-21-37(40)38-17-7-8-18-42(38)44-34-16-6-3-13-31(34)25-28-43(44)39-22-10-20-36-33-15-5-2-12-30(33)24-27-41(36)39;1-2-4-6-5-3-1/h1-28H;1-6H. The number of rotatable bonds is 3. The summed E-state index contributed by atoms with van der Waals surface area (Å²) in [4.78, 5) is 0. The highest BCUT2D eigenvalue weighted by molar-refractivity contribution is 6.17. The Morgan fingerprint density at radius 1 is 0.160 bits per heavy atom. The maximum atomic E-state index is 2.33. The molecule has 0 aliphatic rings. The van der Waals surface area contributed by atoms with Gasteiger partial charge in [-0.2, -0.15) is 0 Å². The maximum Gasteiger partial charge on any atom is -0.00204 e. The molecule has 0 aromatic heterocycles. The van der Waals surface area contributed by atoms with Gasteiger partial charge in [-0.1, -0.05) is 206 Å². The lowest BCUT2D eigenvalue weighted by Crippen LogP contribution is -1.93. The van der Waals surface area contributed by atoms with Crippen molar-refractivity contribution in [3.8, 4) is 33.4 Å². The smallest absolute Gasteiger partial charge is 0.00204 e. The van der Waals surface area contributed by atoms with Crippen molar-refractivity contribution in [1.29, 1.82) is 0 Å². The summed E-state index contributed by atoms with van der Waals surface area (Å²) in [7, 11) is 0. The van der Waals surface area contributed by atoms with E-state index in [1.54, 1.807) is 0 Å². The Balaban J connectivity index is 0.000000511. The fraction of sp³-hybridized carbons (Fsp3) is 0. The molecule has 0 saturated carbocycles. The molecule has 0 nitrogen and oxygen atoms in total. The van der Waals surface area contributed by atoms with Crippen molar-refractivity contribution >= 4 is 53.9 Å². The molecule has 0 N–H and O–H groups in total. The van der Waals surface area contributed by atoms with E-state index in [9.17, 15) is 0 Å². The molecule has 0 saturated heterocycles. The molecule has 0 atom stereocenters. The number of fused-ring (bicyclic) bond motifs is 7. The predicted molar refractivity (Wildman–Crippen MR) is 217 cm³/mol. The van der Waals surface area contributed by atoms with Gasteiger partial charge in [0.2, 0.25) is 0 Å². The second-order valence-electron chi connectivity index (χ2n) is 12.8. The summed E-state index contributed by atoms with van der Waals surface area (Å²) in [6, 6.07) is 74.4. The van der Waals surface area contributed by atoms with Crippen LogP contribution in [0.4, 0.5) is 0 Å². The van der Waals surface area contributed by atoms with Crippen LogP contribution in [0.5, 0.6) is 0 Å². The summed E-state index contributed by atoms with van der Waals surface area (Å²) in [5.74, 6) is 0. The van der Waals surface area contributed by atoms with Crippen LogP contribution in [0.2, 0.25) is 0 Å². The maximum absolute atomic E-state index is 2.33. The van der Waals surface area contributed by atoms with Crippen LogP contribution in [-0.4, -0.2) is 0 Å². The van der Waals surface area contributed by atoms with E-state index in [-0.39, 0.29) is 0 Å². The van der Waals surface area contributed by atoms with E-state index < -0.39 is 0 Å². The summed E-state index contributed by atoms with van der Waals surface area (Å²) < 4.78 is 0. The zero-order valence-corrected chi connectivity index (χ0v) is 27.6. The molecule has 0 aliphatic heterocycles. The molecule has 10 aromatic carbocycles. The van der Waals surface area contributed by atoms with E-state index in [4.69, 9.17) is 0 Å². The lowest BCUT2D eigenvalue weighted by atomic mass is 9.83. The van der Waals surface area contributed by atoms with Crippen molar-refractivity contribution in [2.24, 2.45) is 0 Å². The average molecular weight is 635 g/mol. The Bertz CT molecular complexity index is 2780. The van der Waals surface area contributed by atoms with E-state index in [0.717, 1.165) is 0 Å². The number of hydrogen-bond donors (Lipinski definition) is 0. The minimum atomic E-state index is 1.25. The molecule has 0 fully saturated rings. The molecular weight excluding hydrogens is 601 g/mol. The lowest BCUT2D eigenvalue weighted by Gasteiger charge is -2.20. The third kappa shape index (κ3) is 5.19. The molecule has 50 heavy (non-hydrogen) atoms. The van der Waals surface area contributed by atoms with Gasteiger partial charge >= 0.3 is 0 Å². The first-order chi connectivity index (χ1) is 24.8. The van der Waals surface area contributed by atoms with Crippen LogP contribution in [-0.2, 0) is 0 Å². The summed E-state index contributed by atoms with van der Waals surface area (Å²) in [5.41, 5.74) is 7.54. The molecule has 10 aromatic rings. The largest absolute Gasteiger partial charge is 0.0623 e. The van der Waals surface area contributed by atoms with Crippen molar-refractivity contribution in [1.82, 2.24) is 0 Å². The SMILES string of the molecule is c1ccc(-c2cccc3c2ccc2ccccc23)c(-c2c(-c3cccc4c3ccc3ccccc34)ccc3ccccc23)c1.c1ccccc1. The van der Waals surface area contributed by atoms with Crippen molar-refractivity contribution < 1.29 is 0 Å². The van der Waals surface area contributed by atoms with Gasteiger partial charge in [-0.15, -0.1) is 0 Å². The quantitative estimate of drug-likeness (QED) is 0.170. The molecule has 0 bridgehead atoms. The highest BCUT2D eigenvalue weighted by Gasteiger charge is 2.19. The van der Waals surface area contributed by atoms with Crippen LogP contribution in [0.25, 0.3) is 87.2 Å². The van der Waals surface area contributed by atoms with Crippen LogP contribution < -0.4 is 0 Å². The van der Waals surface area contributed by atoms with Gasteiger partial charge in [-0.25, -0.2) is 0 Å². The molecule has 0 heterocycles. The zero-order valence-electron chi connectivity index (χ0n) is 27.6. The van der Waals surface area contributed by atoms with Crippen molar-refractivity contribution in [2.45, 2.75) is 0 Å². The summed E-state index contributed by atoms with van der Waals surface area (Å²) in [6.07, 6.45) is 0. The Morgan fingerprint density at radius 3 is 1.10 bits per heavy atom. The normalized spacial score (nSPS) is 11.2. The molecule has 0 amide bonds. The summed E-state index contributed by atoms with van der Waals surface area (Å²) in [6.45, 7) is 0. The number of hydrogen-bond acceptors (Lipinski definition) is 0. The first-order valence-corrected chi connectivity index (χ1v) is 17.3. The van der Waals surface area contributed by atoms with E-state index in [2.05, 4.69) is 170 Å². The first-order valence-electron chi connectivity index (χ1n) is 17.3. The predicted octanol–water partition coefficient (Wildman–Crippen LogP) is 14.1. The van der Waals surface area contributed by atoms with E-state index in [1.807, 2.05) is 36.4 Å². The van der Waals surface area contributed by atoms with Crippen LogP contribution in [0, 0.1) is 0 Å². The van der Waals surface area contributed by atoms with Gasteiger partial charge in [0.05, 0.1) is 0 Å². The molecular formula is C50H34. The highest BCUT2D eigenvalue weighted by atomic mass is 14.2. The summed E-state index contributed by atoms with van der Waals surface area (Å²) in [5, 5.41) is 12.7. The highest BCUT2D eigenvalue weighted by Crippen LogP contribution is 2.46. The fourth-order valence-corrected chi connectivity index (χ4v) is 7.66. The third-order valence-corrected chi connectivity index (χ3v) is 9.95. The van der Waals surface area contributed by atoms with Crippen molar-refractivity contribution in [3.05, 3.63) is 206 Å². The topological polar surface area (TPSA) is 0 Å². The monoisotopic (exact) mass is 634 g/mol. The van der Waals surface area contributed by atoms with E-state index >= 15 is 0 Å². The van der Waals surface area contributed by atoms with Crippen LogP contribution in [0.15, 0.2) is 206 Å². The second kappa shape index (κ2) is 12.8. The Kier molecular flexibility index (Phi) is 7.61. The third-order valence-electron chi connectivity index (χ3n) is 9.95. The average Bonchev–Trinajstić information content (AvgIpc) is 3.20. The van der Waals surface area contributed by atoms with Crippen LogP contribution in [0.3, 0.4) is 0 Å². The molecule has 0 radical (unpaired) electrons. The number of benzene rings is 10. The van der Waals surface area contributed by atoms with Gasteiger partial charge in [0, 0.05) is 0 Å². The minimum Gasteiger partial charge on any atom is -0.0623 e. The van der Waals surface area contributed by atoms with Gasteiger partial charge in [-0.3, -0.25) is 0 Å².